The van der Waals surface area contributed by atoms with Crippen molar-refractivity contribution in [1.82, 2.24) is 10.2 Å². The molecule has 0 aliphatic carbocycles. The van der Waals surface area contributed by atoms with Gasteiger partial charge in [0.25, 0.3) is 0 Å². The Morgan fingerprint density at radius 1 is 1.00 bits per heavy atom. The van der Waals surface area contributed by atoms with Crippen molar-refractivity contribution in [3.63, 3.8) is 0 Å². The van der Waals surface area contributed by atoms with Gasteiger partial charge in [0.1, 0.15) is 0 Å². The molecule has 0 aromatic rings. The molecule has 0 aromatic heterocycles. The average Bonchev–Trinajstić information content (AvgIpc) is 2.39. The van der Waals surface area contributed by atoms with Crippen molar-refractivity contribution in [2.24, 2.45) is 0 Å². The first-order valence-corrected chi connectivity index (χ1v) is 7.39. The van der Waals surface area contributed by atoms with Gasteiger partial charge < -0.3 is 15.3 Å². The highest BCUT2D eigenvalue weighted by Gasteiger charge is 2.07. The molecule has 17 heavy (non-hydrogen) atoms. The van der Waals surface area contributed by atoms with E-state index >= 15 is 0 Å². The van der Waals surface area contributed by atoms with Gasteiger partial charge in [0, 0.05) is 32.8 Å². The minimum absolute atomic E-state index is 0.349. The maximum absolute atomic E-state index is 8.58. The average molecular weight is 246 g/mol. The van der Waals surface area contributed by atoms with Crippen LogP contribution in [0.2, 0.25) is 0 Å². The summed E-state index contributed by atoms with van der Waals surface area (Å²) in [5.41, 5.74) is 0. The molecule has 3 nitrogen and oxygen atoms in total. The third kappa shape index (κ3) is 15.9. The highest BCUT2D eigenvalue weighted by atomic mass is 16.2. The molecule has 3 heteroatoms. The summed E-state index contributed by atoms with van der Waals surface area (Å²) >= 11 is 0. The summed E-state index contributed by atoms with van der Waals surface area (Å²) in [6, 6.07) is 0. The van der Waals surface area contributed by atoms with E-state index in [2.05, 4.69) is 24.1 Å². The fraction of sp³-hybridized carbons (Fsp3) is 1.00. The summed E-state index contributed by atoms with van der Waals surface area (Å²) in [5, 5.41) is 11.9. The lowest BCUT2D eigenvalue weighted by atomic mass is 10.2. The van der Waals surface area contributed by atoms with Crippen LogP contribution in [0.4, 0.5) is 0 Å². The standard InChI is InChI=1S/C9H20N2O.C3H8.C2H6/c12-9-3-1-2-6-11-7-4-10-5-8-11;1-3-2;1-2/h10,12H,1-9H2;3H2,1-2H3;1-2H3. The Morgan fingerprint density at radius 3 is 2.00 bits per heavy atom. The van der Waals surface area contributed by atoms with E-state index < -0.39 is 0 Å². The fourth-order valence-electron chi connectivity index (χ4n) is 1.56. The van der Waals surface area contributed by atoms with E-state index in [9.17, 15) is 0 Å². The second kappa shape index (κ2) is 18.3. The van der Waals surface area contributed by atoms with Crippen molar-refractivity contribution in [2.45, 2.75) is 53.4 Å². The molecule has 1 saturated heterocycles. The molecule has 0 bridgehead atoms. The molecule has 0 amide bonds. The van der Waals surface area contributed by atoms with Gasteiger partial charge in [-0.25, -0.2) is 0 Å². The van der Waals surface area contributed by atoms with Crippen LogP contribution in [0.5, 0.6) is 0 Å². The van der Waals surface area contributed by atoms with Crippen LogP contribution < -0.4 is 5.32 Å². The second-order valence-corrected chi connectivity index (χ2v) is 4.08. The molecule has 0 atom stereocenters. The Morgan fingerprint density at radius 2 is 1.53 bits per heavy atom. The quantitative estimate of drug-likeness (QED) is 0.732. The SMILES string of the molecule is CC.CCC.OCCCCCN1CCNCC1. The Kier molecular flexibility index (Phi) is 20.6. The topological polar surface area (TPSA) is 35.5 Å². The van der Waals surface area contributed by atoms with Gasteiger partial charge in [0.2, 0.25) is 0 Å². The summed E-state index contributed by atoms with van der Waals surface area (Å²) < 4.78 is 0. The summed E-state index contributed by atoms with van der Waals surface area (Å²) in [7, 11) is 0. The van der Waals surface area contributed by atoms with E-state index in [4.69, 9.17) is 5.11 Å². The molecule has 0 aromatic carbocycles. The lowest BCUT2D eigenvalue weighted by Crippen LogP contribution is -2.43. The summed E-state index contributed by atoms with van der Waals surface area (Å²) in [4.78, 5) is 2.49. The molecule has 1 rings (SSSR count). The highest BCUT2D eigenvalue weighted by molar-refractivity contribution is 4.66. The zero-order valence-corrected chi connectivity index (χ0v) is 12.5. The van der Waals surface area contributed by atoms with Crippen LogP contribution in [0.25, 0.3) is 0 Å². The van der Waals surface area contributed by atoms with E-state index in [1.165, 1.54) is 38.9 Å². The van der Waals surface area contributed by atoms with Gasteiger partial charge in [0.15, 0.2) is 0 Å². The first-order chi connectivity index (χ1) is 8.35. The number of rotatable bonds is 5. The lowest BCUT2D eigenvalue weighted by molar-refractivity contribution is 0.229. The Labute approximate surface area is 109 Å². The summed E-state index contributed by atoms with van der Waals surface area (Å²) in [5.74, 6) is 0. The number of nitrogens with one attached hydrogen (secondary N) is 1. The maximum Gasteiger partial charge on any atom is 0.0431 e. The van der Waals surface area contributed by atoms with Gasteiger partial charge in [-0.2, -0.15) is 0 Å². The van der Waals surface area contributed by atoms with Crippen LogP contribution in [0, 0.1) is 0 Å². The summed E-state index contributed by atoms with van der Waals surface area (Å²) in [6.07, 6.45) is 4.62. The molecule has 0 saturated carbocycles. The predicted molar refractivity (Wildman–Crippen MR) is 77.6 cm³/mol. The number of hydrogen-bond acceptors (Lipinski definition) is 3. The first kappa shape index (κ1) is 19.2. The molecular weight excluding hydrogens is 212 g/mol. The molecule has 1 aliphatic heterocycles. The van der Waals surface area contributed by atoms with Crippen molar-refractivity contribution >= 4 is 0 Å². The Balaban J connectivity index is 0. The van der Waals surface area contributed by atoms with Gasteiger partial charge in [-0.15, -0.1) is 0 Å². The van der Waals surface area contributed by atoms with Crippen molar-refractivity contribution in [3.8, 4) is 0 Å². The van der Waals surface area contributed by atoms with Gasteiger partial charge in [0.05, 0.1) is 0 Å². The highest BCUT2D eigenvalue weighted by Crippen LogP contribution is 1.99. The van der Waals surface area contributed by atoms with Crippen LogP contribution in [-0.4, -0.2) is 49.3 Å². The molecule has 0 unspecified atom stereocenters. The predicted octanol–water partition coefficient (Wildman–Crippen LogP) is 2.50. The molecule has 0 radical (unpaired) electrons. The molecule has 2 N–H and O–H groups in total. The van der Waals surface area contributed by atoms with Gasteiger partial charge in [-0.1, -0.05) is 34.1 Å². The van der Waals surface area contributed by atoms with E-state index in [0.29, 0.717) is 6.61 Å². The van der Waals surface area contributed by atoms with E-state index in [1.54, 1.807) is 0 Å². The minimum Gasteiger partial charge on any atom is -0.396 e. The van der Waals surface area contributed by atoms with E-state index in [1.807, 2.05) is 13.8 Å². The molecule has 106 valence electrons. The molecule has 1 aliphatic rings. The van der Waals surface area contributed by atoms with Crippen molar-refractivity contribution < 1.29 is 5.11 Å². The second-order valence-electron chi connectivity index (χ2n) is 4.08. The molecule has 0 spiro atoms. The number of aliphatic hydroxyl groups is 1. The zero-order valence-electron chi connectivity index (χ0n) is 12.5. The van der Waals surface area contributed by atoms with Gasteiger partial charge in [-0.05, 0) is 25.8 Å². The number of unbranched alkanes of at least 4 members (excludes halogenated alkanes) is 2. The number of aliphatic hydroxyl groups excluding tert-OH is 1. The normalized spacial score (nSPS) is 15.4. The van der Waals surface area contributed by atoms with Gasteiger partial charge in [-0.3, -0.25) is 0 Å². The third-order valence-corrected chi connectivity index (χ3v) is 2.34. The van der Waals surface area contributed by atoms with Crippen molar-refractivity contribution in [3.05, 3.63) is 0 Å². The molecular formula is C14H34N2O. The zero-order chi connectivity index (χ0) is 13.4. The van der Waals surface area contributed by atoms with Crippen LogP contribution in [-0.2, 0) is 0 Å². The van der Waals surface area contributed by atoms with Crippen LogP contribution in [0.1, 0.15) is 53.4 Å². The minimum atomic E-state index is 0.349. The van der Waals surface area contributed by atoms with Crippen molar-refractivity contribution in [1.29, 1.82) is 0 Å². The monoisotopic (exact) mass is 246 g/mol. The smallest absolute Gasteiger partial charge is 0.0431 e. The Bertz CT molecular complexity index is 115. The molecule has 1 fully saturated rings. The van der Waals surface area contributed by atoms with E-state index in [-0.39, 0.29) is 0 Å². The van der Waals surface area contributed by atoms with Crippen molar-refractivity contribution in [2.75, 3.05) is 39.3 Å². The van der Waals surface area contributed by atoms with Crippen LogP contribution in [0.3, 0.4) is 0 Å². The van der Waals surface area contributed by atoms with E-state index in [0.717, 1.165) is 19.5 Å². The number of hydrogen-bond donors (Lipinski definition) is 2. The Hall–Kier alpha value is -0.120. The van der Waals surface area contributed by atoms with Crippen LogP contribution >= 0.6 is 0 Å². The maximum atomic E-state index is 8.58. The number of piperazine rings is 1. The first-order valence-electron chi connectivity index (χ1n) is 7.39. The number of nitrogens with zero attached hydrogens (tertiary/aromatic N) is 1. The van der Waals surface area contributed by atoms with Crippen LogP contribution in [0.15, 0.2) is 0 Å². The lowest BCUT2D eigenvalue weighted by Gasteiger charge is -2.26. The fourth-order valence-corrected chi connectivity index (χ4v) is 1.56. The summed E-state index contributed by atoms with van der Waals surface area (Å²) in [6.45, 7) is 14.5. The van der Waals surface area contributed by atoms with Gasteiger partial charge >= 0.3 is 0 Å². The largest absolute Gasteiger partial charge is 0.396 e. The third-order valence-electron chi connectivity index (χ3n) is 2.34. The molecule has 1 heterocycles.